The summed E-state index contributed by atoms with van der Waals surface area (Å²) in [6.45, 7) is 1.41. The van der Waals surface area contributed by atoms with Crippen LogP contribution >= 0.6 is 0 Å². The van der Waals surface area contributed by atoms with E-state index < -0.39 is 17.7 Å². The van der Waals surface area contributed by atoms with Gasteiger partial charge in [0.25, 0.3) is 0 Å². The quantitative estimate of drug-likeness (QED) is 0.321. The van der Waals surface area contributed by atoms with Gasteiger partial charge < -0.3 is 26.9 Å². The molecule has 0 heterocycles. The Balaban J connectivity index is 4.40. The second-order valence-electron chi connectivity index (χ2n) is 2.68. The summed E-state index contributed by atoms with van der Waals surface area (Å²) in [5, 5.41) is 4.37. The number of nitrogens with two attached hydrogens (primary N) is 2. The van der Waals surface area contributed by atoms with Gasteiger partial charge in [-0.3, -0.25) is 0 Å². The minimum atomic E-state index is -1.22. The van der Waals surface area contributed by atoms with Crippen molar-refractivity contribution in [1.82, 2.24) is 10.6 Å². The SMILES string of the molecule is CC(CC=O)(NC(N)=O)NC(N)=O. The molecule has 4 amide bonds. The average Bonchev–Trinajstić information content (AvgIpc) is 1.81. The number of hydrogen-bond acceptors (Lipinski definition) is 3. The number of nitrogens with one attached hydrogen (secondary N) is 2. The third kappa shape index (κ3) is 4.62. The second kappa shape index (κ2) is 4.29. The van der Waals surface area contributed by atoms with Crippen LogP contribution in [-0.2, 0) is 4.79 Å². The summed E-state index contributed by atoms with van der Waals surface area (Å²) in [5.41, 5.74) is 8.43. The Bertz CT molecular complexity index is 212. The first-order valence-corrected chi connectivity index (χ1v) is 3.48. The van der Waals surface area contributed by atoms with Crippen LogP contribution in [0.4, 0.5) is 9.59 Å². The van der Waals surface area contributed by atoms with Crippen molar-refractivity contribution in [1.29, 1.82) is 0 Å². The van der Waals surface area contributed by atoms with Crippen molar-refractivity contribution in [3.05, 3.63) is 0 Å². The minimum absolute atomic E-state index is 0.112. The van der Waals surface area contributed by atoms with Gasteiger partial charge in [0, 0.05) is 6.42 Å². The fourth-order valence-corrected chi connectivity index (χ4v) is 0.844. The van der Waals surface area contributed by atoms with Crippen LogP contribution in [0.25, 0.3) is 0 Å². The molecule has 7 heteroatoms. The minimum Gasteiger partial charge on any atom is -0.352 e. The number of amides is 4. The molecule has 0 saturated carbocycles. The van der Waals surface area contributed by atoms with Crippen molar-refractivity contribution in [2.75, 3.05) is 0 Å². The molecule has 0 rings (SSSR count). The third-order valence-electron chi connectivity index (χ3n) is 1.29. The van der Waals surface area contributed by atoms with Gasteiger partial charge in [0.1, 0.15) is 11.9 Å². The van der Waals surface area contributed by atoms with E-state index >= 15 is 0 Å². The Hall–Kier alpha value is -1.79. The predicted molar refractivity (Wildman–Crippen MR) is 44.5 cm³/mol. The Morgan fingerprint density at radius 1 is 1.31 bits per heavy atom. The van der Waals surface area contributed by atoms with Gasteiger partial charge in [0.05, 0.1) is 0 Å². The van der Waals surface area contributed by atoms with Crippen LogP contribution in [-0.4, -0.2) is 24.0 Å². The van der Waals surface area contributed by atoms with Crippen LogP contribution in [0.1, 0.15) is 13.3 Å². The zero-order valence-electron chi connectivity index (χ0n) is 7.16. The lowest BCUT2D eigenvalue weighted by Crippen LogP contribution is -2.61. The topological polar surface area (TPSA) is 127 Å². The van der Waals surface area contributed by atoms with Crippen molar-refractivity contribution in [3.63, 3.8) is 0 Å². The molecule has 74 valence electrons. The van der Waals surface area contributed by atoms with Crippen molar-refractivity contribution in [2.45, 2.75) is 19.0 Å². The van der Waals surface area contributed by atoms with E-state index in [0.29, 0.717) is 6.29 Å². The van der Waals surface area contributed by atoms with Gasteiger partial charge in [-0.2, -0.15) is 0 Å². The first kappa shape index (κ1) is 11.2. The number of primary amides is 2. The van der Waals surface area contributed by atoms with Crippen molar-refractivity contribution in [2.24, 2.45) is 11.5 Å². The maximum atomic E-state index is 10.5. The lowest BCUT2D eigenvalue weighted by Gasteiger charge is -2.28. The highest BCUT2D eigenvalue weighted by Crippen LogP contribution is 2.01. The van der Waals surface area contributed by atoms with E-state index in [2.05, 4.69) is 10.6 Å². The van der Waals surface area contributed by atoms with E-state index in [0.717, 1.165) is 0 Å². The summed E-state index contributed by atoms with van der Waals surface area (Å²) in [7, 11) is 0. The van der Waals surface area contributed by atoms with Gasteiger partial charge in [0.2, 0.25) is 0 Å². The Morgan fingerprint density at radius 3 is 1.92 bits per heavy atom. The van der Waals surface area contributed by atoms with Crippen molar-refractivity contribution >= 4 is 18.3 Å². The van der Waals surface area contributed by atoms with Gasteiger partial charge in [-0.25, -0.2) is 9.59 Å². The molecule has 0 aromatic carbocycles. The van der Waals surface area contributed by atoms with Crippen LogP contribution in [0.3, 0.4) is 0 Å². The summed E-state index contributed by atoms with van der Waals surface area (Å²) in [6, 6.07) is -1.70. The molecule has 0 aromatic rings. The number of carbonyl (C=O) groups excluding carboxylic acids is 3. The monoisotopic (exact) mass is 188 g/mol. The van der Waals surface area contributed by atoms with Crippen LogP contribution < -0.4 is 22.1 Å². The summed E-state index contributed by atoms with van der Waals surface area (Å²) in [5.74, 6) is 0. The Morgan fingerprint density at radius 2 is 1.69 bits per heavy atom. The molecule has 0 aliphatic rings. The van der Waals surface area contributed by atoms with E-state index in [1.54, 1.807) is 0 Å². The molecule has 6 N–H and O–H groups in total. The number of urea groups is 2. The third-order valence-corrected chi connectivity index (χ3v) is 1.29. The van der Waals surface area contributed by atoms with Crippen LogP contribution in [0.5, 0.6) is 0 Å². The Labute approximate surface area is 74.8 Å². The van der Waals surface area contributed by atoms with Crippen molar-refractivity contribution < 1.29 is 14.4 Å². The largest absolute Gasteiger partial charge is 0.352 e. The number of hydrogen-bond donors (Lipinski definition) is 4. The van der Waals surface area contributed by atoms with E-state index in [-0.39, 0.29) is 6.42 Å². The van der Waals surface area contributed by atoms with Crippen LogP contribution in [0, 0.1) is 0 Å². The van der Waals surface area contributed by atoms with Gasteiger partial charge in [-0.15, -0.1) is 0 Å². The molecule has 0 radical (unpaired) electrons. The molecule has 0 aliphatic carbocycles. The highest BCUT2D eigenvalue weighted by Gasteiger charge is 2.25. The first-order valence-electron chi connectivity index (χ1n) is 3.48. The van der Waals surface area contributed by atoms with E-state index in [1.807, 2.05) is 0 Å². The highest BCUT2D eigenvalue weighted by atomic mass is 16.2. The molecular weight excluding hydrogens is 176 g/mol. The van der Waals surface area contributed by atoms with Gasteiger partial charge in [-0.05, 0) is 6.92 Å². The summed E-state index contributed by atoms with van der Waals surface area (Å²) >= 11 is 0. The van der Waals surface area contributed by atoms with E-state index in [1.165, 1.54) is 6.92 Å². The normalized spacial score (nSPS) is 10.2. The fraction of sp³-hybridized carbons (Fsp3) is 0.500. The maximum absolute atomic E-state index is 10.5. The summed E-state index contributed by atoms with van der Waals surface area (Å²) in [4.78, 5) is 31.1. The fourth-order valence-electron chi connectivity index (χ4n) is 0.844. The standard InChI is InChI=1S/C6H12N4O3/c1-6(2-3-11,9-4(7)12)10-5(8)13/h3H,2H2,1H3,(H3,7,9,12)(H3,8,10,13). The van der Waals surface area contributed by atoms with Gasteiger partial charge >= 0.3 is 12.1 Å². The molecule has 0 atom stereocenters. The Kier molecular flexibility index (Phi) is 3.70. The molecule has 0 bridgehead atoms. The zero-order chi connectivity index (χ0) is 10.5. The molecule has 0 unspecified atom stereocenters. The zero-order valence-corrected chi connectivity index (χ0v) is 7.16. The lowest BCUT2D eigenvalue weighted by molar-refractivity contribution is -0.109. The summed E-state index contributed by atoms with van der Waals surface area (Å²) < 4.78 is 0. The molecule has 0 aromatic heterocycles. The van der Waals surface area contributed by atoms with Crippen LogP contribution in [0.2, 0.25) is 0 Å². The molecule has 13 heavy (non-hydrogen) atoms. The lowest BCUT2D eigenvalue weighted by atomic mass is 10.1. The maximum Gasteiger partial charge on any atom is 0.314 e. The summed E-state index contributed by atoms with van der Waals surface area (Å²) in [6.07, 6.45) is 0.421. The molecule has 0 saturated heterocycles. The second-order valence-corrected chi connectivity index (χ2v) is 2.68. The first-order chi connectivity index (χ1) is 5.89. The highest BCUT2D eigenvalue weighted by molar-refractivity contribution is 5.77. The van der Waals surface area contributed by atoms with E-state index in [9.17, 15) is 14.4 Å². The molecule has 0 spiro atoms. The predicted octanol–water partition coefficient (Wildman–Crippen LogP) is -1.37. The average molecular weight is 188 g/mol. The molecular formula is C6H12N4O3. The number of rotatable bonds is 4. The smallest absolute Gasteiger partial charge is 0.314 e. The number of aldehydes is 1. The van der Waals surface area contributed by atoms with Crippen LogP contribution in [0.15, 0.2) is 0 Å². The van der Waals surface area contributed by atoms with Gasteiger partial charge in [0.15, 0.2) is 0 Å². The van der Waals surface area contributed by atoms with E-state index in [4.69, 9.17) is 11.5 Å². The molecule has 0 aliphatic heterocycles. The molecule has 0 fully saturated rings. The molecule has 7 nitrogen and oxygen atoms in total. The number of carbonyl (C=O) groups is 3. The van der Waals surface area contributed by atoms with Crippen molar-refractivity contribution in [3.8, 4) is 0 Å². The van der Waals surface area contributed by atoms with Gasteiger partial charge in [-0.1, -0.05) is 0 Å².